The van der Waals surface area contributed by atoms with Gasteiger partial charge in [-0.25, -0.2) is 4.79 Å². The van der Waals surface area contributed by atoms with Crippen LogP contribution in [0.25, 0.3) is 0 Å². The lowest BCUT2D eigenvalue weighted by atomic mass is 10.0. The fraction of sp³-hybridized carbons (Fsp3) is 0.636. The summed E-state index contributed by atoms with van der Waals surface area (Å²) >= 11 is 0. The van der Waals surface area contributed by atoms with E-state index in [1.807, 2.05) is 37.8 Å². The molecule has 1 aromatic rings. The van der Waals surface area contributed by atoms with Gasteiger partial charge in [0.05, 0.1) is 0 Å². The minimum absolute atomic E-state index is 0.151. The molecule has 2 aliphatic rings. The smallest absolute Gasteiger partial charge is 0.410 e. The Hall–Kier alpha value is -2.08. The van der Waals surface area contributed by atoms with Crippen LogP contribution in [-0.2, 0) is 11.3 Å². The minimum atomic E-state index is -0.459. The number of piperazine rings is 1. The summed E-state index contributed by atoms with van der Waals surface area (Å²) in [6.07, 6.45) is 1.99. The summed E-state index contributed by atoms with van der Waals surface area (Å²) in [6.45, 7) is 13.4. The Morgan fingerprint density at radius 1 is 0.964 bits per heavy atom. The number of benzene rings is 1. The van der Waals surface area contributed by atoms with Crippen molar-refractivity contribution < 1.29 is 14.3 Å². The zero-order chi connectivity index (χ0) is 20.3. The first-order chi connectivity index (χ1) is 13.2. The number of carbonyl (C=O) groups excluding carboxylic acids is 2. The van der Waals surface area contributed by atoms with Crippen LogP contribution in [0, 0.1) is 6.92 Å². The molecule has 0 radical (unpaired) electrons. The summed E-state index contributed by atoms with van der Waals surface area (Å²) in [4.78, 5) is 30.8. The predicted octanol–water partition coefficient (Wildman–Crippen LogP) is 3.28. The van der Waals surface area contributed by atoms with Crippen molar-refractivity contribution in [3.05, 3.63) is 34.9 Å². The zero-order valence-electron chi connectivity index (χ0n) is 17.7. The van der Waals surface area contributed by atoms with Crippen molar-refractivity contribution in [2.75, 3.05) is 39.3 Å². The van der Waals surface area contributed by atoms with Crippen LogP contribution in [0.15, 0.2) is 18.2 Å². The Balaban J connectivity index is 1.53. The van der Waals surface area contributed by atoms with Gasteiger partial charge >= 0.3 is 6.09 Å². The number of hydrogen-bond acceptors (Lipinski definition) is 4. The molecular weight excluding hydrogens is 354 g/mol. The van der Waals surface area contributed by atoms with Crippen LogP contribution in [0.4, 0.5) is 4.79 Å². The van der Waals surface area contributed by atoms with E-state index in [1.54, 1.807) is 4.90 Å². The quantitative estimate of drug-likeness (QED) is 0.799. The van der Waals surface area contributed by atoms with Crippen LogP contribution in [0.2, 0.25) is 0 Å². The van der Waals surface area contributed by atoms with Crippen molar-refractivity contribution in [1.29, 1.82) is 0 Å². The van der Waals surface area contributed by atoms with Gasteiger partial charge in [0.25, 0.3) is 5.91 Å². The minimum Gasteiger partial charge on any atom is -0.444 e. The van der Waals surface area contributed by atoms with Gasteiger partial charge in [-0.3, -0.25) is 9.69 Å². The molecule has 0 bridgehead atoms. The Bertz CT molecular complexity index is 712. The number of likely N-dealkylation sites (tertiary alicyclic amines) is 1. The molecule has 2 fully saturated rings. The first-order valence-electron chi connectivity index (χ1n) is 10.3. The second kappa shape index (κ2) is 8.52. The number of ether oxygens (including phenoxy) is 1. The molecule has 0 aliphatic carbocycles. The molecule has 0 unspecified atom stereocenters. The maximum absolute atomic E-state index is 12.6. The van der Waals surface area contributed by atoms with Crippen LogP contribution < -0.4 is 0 Å². The van der Waals surface area contributed by atoms with E-state index in [-0.39, 0.29) is 12.0 Å². The standard InChI is InChI=1S/C22H33N3O3/c1-17-15-18(20(26)24-9-5-6-10-24)7-8-19(17)16-23-11-13-25(14-12-23)21(27)28-22(2,3)4/h7-8,15H,5-6,9-14,16H2,1-4H3. The van der Waals surface area contributed by atoms with E-state index < -0.39 is 5.60 Å². The molecule has 6 nitrogen and oxygen atoms in total. The Labute approximate surface area is 168 Å². The monoisotopic (exact) mass is 387 g/mol. The molecule has 0 N–H and O–H groups in total. The molecule has 2 amide bonds. The van der Waals surface area contributed by atoms with Gasteiger partial charge in [-0.05, 0) is 63.8 Å². The maximum atomic E-state index is 12.6. The van der Waals surface area contributed by atoms with Gasteiger partial charge < -0.3 is 14.5 Å². The van der Waals surface area contributed by atoms with Gasteiger partial charge in [-0.1, -0.05) is 6.07 Å². The molecule has 0 spiro atoms. The molecule has 2 heterocycles. The largest absolute Gasteiger partial charge is 0.444 e. The highest BCUT2D eigenvalue weighted by atomic mass is 16.6. The third kappa shape index (κ3) is 5.25. The molecule has 2 aliphatic heterocycles. The third-order valence-electron chi connectivity index (χ3n) is 5.40. The fourth-order valence-electron chi connectivity index (χ4n) is 3.77. The van der Waals surface area contributed by atoms with Gasteiger partial charge in [-0.15, -0.1) is 0 Å². The number of rotatable bonds is 3. The summed E-state index contributed by atoms with van der Waals surface area (Å²) in [5, 5.41) is 0. The fourth-order valence-corrected chi connectivity index (χ4v) is 3.77. The zero-order valence-corrected chi connectivity index (χ0v) is 17.7. The van der Waals surface area contributed by atoms with Crippen LogP contribution in [0.1, 0.15) is 55.1 Å². The number of aryl methyl sites for hydroxylation is 1. The average Bonchev–Trinajstić information content (AvgIpc) is 3.16. The summed E-state index contributed by atoms with van der Waals surface area (Å²) in [5.41, 5.74) is 2.72. The molecule has 0 aromatic heterocycles. The van der Waals surface area contributed by atoms with E-state index in [2.05, 4.69) is 17.9 Å². The van der Waals surface area contributed by atoms with Crippen LogP contribution in [0.3, 0.4) is 0 Å². The molecule has 28 heavy (non-hydrogen) atoms. The van der Waals surface area contributed by atoms with Crippen LogP contribution >= 0.6 is 0 Å². The lowest BCUT2D eigenvalue weighted by Crippen LogP contribution is -2.49. The van der Waals surface area contributed by atoms with E-state index in [0.29, 0.717) is 13.1 Å². The van der Waals surface area contributed by atoms with E-state index in [4.69, 9.17) is 4.74 Å². The lowest BCUT2D eigenvalue weighted by molar-refractivity contribution is 0.0139. The molecule has 2 saturated heterocycles. The number of hydrogen-bond donors (Lipinski definition) is 0. The summed E-state index contributed by atoms with van der Waals surface area (Å²) in [6, 6.07) is 6.06. The normalized spacial score (nSPS) is 18.4. The van der Waals surface area contributed by atoms with E-state index in [0.717, 1.165) is 56.7 Å². The van der Waals surface area contributed by atoms with Crippen molar-refractivity contribution in [2.24, 2.45) is 0 Å². The van der Waals surface area contributed by atoms with Crippen LogP contribution in [0.5, 0.6) is 0 Å². The van der Waals surface area contributed by atoms with Crippen LogP contribution in [-0.4, -0.2) is 71.6 Å². The third-order valence-corrected chi connectivity index (χ3v) is 5.40. The highest BCUT2D eigenvalue weighted by Crippen LogP contribution is 2.19. The summed E-state index contributed by atoms with van der Waals surface area (Å²) < 4.78 is 5.46. The Morgan fingerprint density at radius 3 is 2.18 bits per heavy atom. The SMILES string of the molecule is Cc1cc(C(=O)N2CCCC2)ccc1CN1CCN(C(=O)OC(C)(C)C)CC1. The lowest BCUT2D eigenvalue weighted by Gasteiger charge is -2.35. The van der Waals surface area contributed by atoms with Crippen molar-refractivity contribution >= 4 is 12.0 Å². The molecule has 3 rings (SSSR count). The summed E-state index contributed by atoms with van der Waals surface area (Å²) in [5.74, 6) is 0.151. The van der Waals surface area contributed by atoms with Gasteiger partial charge in [0.1, 0.15) is 5.60 Å². The molecular formula is C22H33N3O3. The van der Waals surface area contributed by atoms with E-state index in [1.165, 1.54) is 5.56 Å². The van der Waals surface area contributed by atoms with Crippen molar-refractivity contribution in [3.63, 3.8) is 0 Å². The Morgan fingerprint density at radius 2 is 1.61 bits per heavy atom. The molecule has 6 heteroatoms. The second-order valence-corrected chi connectivity index (χ2v) is 8.88. The second-order valence-electron chi connectivity index (χ2n) is 8.88. The summed E-state index contributed by atoms with van der Waals surface area (Å²) in [7, 11) is 0. The Kier molecular flexibility index (Phi) is 6.28. The van der Waals surface area contributed by atoms with Crippen molar-refractivity contribution in [2.45, 2.75) is 52.7 Å². The van der Waals surface area contributed by atoms with E-state index in [9.17, 15) is 9.59 Å². The van der Waals surface area contributed by atoms with Crippen molar-refractivity contribution in [3.8, 4) is 0 Å². The van der Waals surface area contributed by atoms with Gasteiger partial charge in [-0.2, -0.15) is 0 Å². The van der Waals surface area contributed by atoms with Gasteiger partial charge in [0.15, 0.2) is 0 Å². The highest BCUT2D eigenvalue weighted by Gasteiger charge is 2.26. The number of nitrogens with zero attached hydrogens (tertiary/aromatic N) is 3. The topological polar surface area (TPSA) is 53.1 Å². The predicted molar refractivity (Wildman–Crippen MR) is 109 cm³/mol. The maximum Gasteiger partial charge on any atom is 0.410 e. The molecule has 0 saturated carbocycles. The molecule has 0 atom stereocenters. The molecule has 154 valence electrons. The average molecular weight is 388 g/mol. The number of amides is 2. The highest BCUT2D eigenvalue weighted by molar-refractivity contribution is 5.94. The van der Waals surface area contributed by atoms with Gasteiger partial charge in [0, 0.05) is 51.4 Å². The number of carbonyl (C=O) groups is 2. The first kappa shape index (κ1) is 20.6. The van der Waals surface area contributed by atoms with E-state index >= 15 is 0 Å². The van der Waals surface area contributed by atoms with Crippen molar-refractivity contribution in [1.82, 2.24) is 14.7 Å². The van der Waals surface area contributed by atoms with Gasteiger partial charge in [0.2, 0.25) is 0 Å². The first-order valence-corrected chi connectivity index (χ1v) is 10.3. The molecule has 1 aromatic carbocycles.